The van der Waals surface area contributed by atoms with Crippen LogP contribution in [0.4, 0.5) is 0 Å². The predicted octanol–water partition coefficient (Wildman–Crippen LogP) is 0.738. The van der Waals surface area contributed by atoms with Crippen LogP contribution < -0.4 is 0 Å². The first kappa shape index (κ1) is 7.47. The molecule has 0 aromatic rings. The Morgan fingerprint density at radius 2 is 2.18 bits per heavy atom. The van der Waals surface area contributed by atoms with Crippen LogP contribution >= 0.6 is 0 Å². The molecule has 0 unspecified atom stereocenters. The summed E-state index contributed by atoms with van der Waals surface area (Å²) in [6.07, 6.45) is 7.96. The van der Waals surface area contributed by atoms with E-state index in [-0.39, 0.29) is 12.0 Å². The molecule has 0 saturated carbocycles. The van der Waals surface area contributed by atoms with E-state index in [1.54, 1.807) is 18.2 Å². The second kappa shape index (κ2) is 3.51. The van der Waals surface area contributed by atoms with E-state index in [0.29, 0.717) is 0 Å². The molecule has 0 aromatic heterocycles. The van der Waals surface area contributed by atoms with Gasteiger partial charge in [-0.05, 0) is 12.2 Å². The van der Waals surface area contributed by atoms with Crippen molar-refractivity contribution in [3.05, 3.63) is 36.3 Å². The molecular weight excluding hydrogens is 144 g/mol. The summed E-state index contributed by atoms with van der Waals surface area (Å²) >= 11 is 0. The summed E-state index contributed by atoms with van der Waals surface area (Å²) in [6.45, 7) is 0. The summed E-state index contributed by atoms with van der Waals surface area (Å²) in [4.78, 5) is 20.7. The Morgan fingerprint density at radius 1 is 1.36 bits per heavy atom. The maximum atomic E-state index is 10.7. The zero-order valence-electron chi connectivity index (χ0n) is 5.69. The highest BCUT2D eigenvalue weighted by Crippen LogP contribution is 2.02. The van der Waals surface area contributed by atoms with Crippen LogP contribution in [-0.4, -0.2) is 12.1 Å². The number of carbonyl (C=O) groups excluding carboxylic acids is 2. The van der Waals surface area contributed by atoms with Gasteiger partial charge in [0, 0.05) is 0 Å². The summed E-state index contributed by atoms with van der Waals surface area (Å²) in [5.41, 5.74) is 0. The van der Waals surface area contributed by atoms with Gasteiger partial charge in [-0.15, -0.1) is 0 Å². The van der Waals surface area contributed by atoms with E-state index in [1.165, 1.54) is 12.3 Å². The van der Waals surface area contributed by atoms with E-state index in [2.05, 4.69) is 0 Å². The fourth-order valence-corrected chi connectivity index (χ4v) is 0.603. The Bertz CT molecular complexity index is 259. The molecule has 0 radical (unpaired) electrons. The maximum absolute atomic E-state index is 10.7. The minimum atomic E-state index is -0.652. The molecule has 0 bridgehead atoms. The number of ketones is 1. The smallest absolute Gasteiger partial charge is 0.260 e. The van der Waals surface area contributed by atoms with Gasteiger partial charge >= 0.3 is 0 Å². The van der Waals surface area contributed by atoms with Crippen LogP contribution in [-0.2, 0) is 14.3 Å². The summed E-state index contributed by atoms with van der Waals surface area (Å²) < 4.78 is 4.79. The van der Waals surface area contributed by atoms with Crippen molar-refractivity contribution >= 4 is 12.1 Å². The van der Waals surface area contributed by atoms with Gasteiger partial charge in [-0.25, -0.2) is 0 Å². The van der Waals surface area contributed by atoms with Crippen molar-refractivity contribution in [2.75, 3.05) is 0 Å². The average Bonchev–Trinajstić information content (AvgIpc) is 2.30. The lowest BCUT2D eigenvalue weighted by Gasteiger charge is -1.96. The van der Waals surface area contributed by atoms with E-state index in [0.717, 1.165) is 0 Å². The lowest BCUT2D eigenvalue weighted by molar-refractivity contribution is -0.129. The Kier molecular flexibility index (Phi) is 2.38. The molecule has 3 heteroatoms. The zero-order valence-corrected chi connectivity index (χ0v) is 5.69. The molecule has 3 nitrogen and oxygen atoms in total. The standard InChI is InChI=1S/C8H6O3/c9-6-7(10)8-4-2-1-3-5-11-8/h1-6H. The van der Waals surface area contributed by atoms with Crippen LogP contribution in [0.3, 0.4) is 0 Å². The van der Waals surface area contributed by atoms with E-state index >= 15 is 0 Å². The molecule has 11 heavy (non-hydrogen) atoms. The normalized spacial score (nSPS) is 14.7. The minimum Gasteiger partial charge on any atom is -0.461 e. The van der Waals surface area contributed by atoms with Crippen molar-refractivity contribution in [3.8, 4) is 0 Å². The first-order chi connectivity index (χ1) is 5.34. The third kappa shape index (κ3) is 1.89. The van der Waals surface area contributed by atoms with E-state index in [9.17, 15) is 9.59 Å². The van der Waals surface area contributed by atoms with E-state index in [1.807, 2.05) is 0 Å². The monoisotopic (exact) mass is 150 g/mol. The molecular formula is C8H6O3. The second-order valence-electron chi connectivity index (χ2n) is 1.84. The van der Waals surface area contributed by atoms with Crippen LogP contribution in [0.2, 0.25) is 0 Å². The third-order valence-electron chi connectivity index (χ3n) is 1.09. The van der Waals surface area contributed by atoms with Crippen molar-refractivity contribution in [1.29, 1.82) is 0 Å². The van der Waals surface area contributed by atoms with Crippen molar-refractivity contribution in [3.63, 3.8) is 0 Å². The number of hydrogen-bond donors (Lipinski definition) is 0. The summed E-state index contributed by atoms with van der Waals surface area (Å²) in [6, 6.07) is 0. The van der Waals surface area contributed by atoms with Crippen molar-refractivity contribution in [2.45, 2.75) is 0 Å². The number of ether oxygens (including phenoxy) is 1. The topological polar surface area (TPSA) is 43.4 Å². The molecule has 56 valence electrons. The highest BCUT2D eigenvalue weighted by atomic mass is 16.5. The number of allylic oxidation sites excluding steroid dienone is 5. The van der Waals surface area contributed by atoms with Gasteiger partial charge in [0.05, 0.1) is 6.26 Å². The van der Waals surface area contributed by atoms with Gasteiger partial charge in [0.25, 0.3) is 5.78 Å². The molecule has 0 aromatic carbocycles. The molecule has 0 spiro atoms. The van der Waals surface area contributed by atoms with Crippen LogP contribution in [0.1, 0.15) is 0 Å². The summed E-state index contributed by atoms with van der Waals surface area (Å²) in [5.74, 6) is -0.605. The first-order valence-corrected chi connectivity index (χ1v) is 3.04. The zero-order chi connectivity index (χ0) is 8.10. The molecule has 0 fully saturated rings. The summed E-state index contributed by atoms with van der Waals surface area (Å²) in [7, 11) is 0. The molecule has 1 aliphatic heterocycles. The molecule has 0 N–H and O–H groups in total. The number of rotatable bonds is 2. The summed E-state index contributed by atoms with van der Waals surface area (Å²) in [5, 5.41) is 0. The SMILES string of the molecule is O=CC(=O)C1=CC=CC=CO1. The molecule has 0 saturated heterocycles. The number of carbonyl (C=O) groups is 2. The molecule has 1 aliphatic rings. The Labute approximate surface area is 63.7 Å². The van der Waals surface area contributed by atoms with Crippen molar-refractivity contribution in [1.82, 2.24) is 0 Å². The first-order valence-electron chi connectivity index (χ1n) is 3.04. The largest absolute Gasteiger partial charge is 0.461 e. The van der Waals surface area contributed by atoms with Crippen LogP contribution in [0, 0.1) is 0 Å². The lowest BCUT2D eigenvalue weighted by atomic mass is 10.3. The van der Waals surface area contributed by atoms with Gasteiger partial charge in [0.2, 0.25) is 0 Å². The quantitative estimate of drug-likeness (QED) is 0.430. The highest BCUT2D eigenvalue weighted by molar-refractivity contribution is 6.32. The van der Waals surface area contributed by atoms with Gasteiger partial charge < -0.3 is 4.74 Å². The molecule has 1 rings (SSSR count). The second-order valence-corrected chi connectivity index (χ2v) is 1.84. The van der Waals surface area contributed by atoms with Crippen molar-refractivity contribution < 1.29 is 14.3 Å². The Balaban J connectivity index is 2.79. The van der Waals surface area contributed by atoms with Gasteiger partial charge in [-0.3, -0.25) is 9.59 Å². The Hall–Kier alpha value is -1.64. The van der Waals surface area contributed by atoms with E-state index in [4.69, 9.17) is 4.74 Å². The predicted molar refractivity (Wildman–Crippen MR) is 38.5 cm³/mol. The third-order valence-corrected chi connectivity index (χ3v) is 1.09. The number of hydrogen-bond acceptors (Lipinski definition) is 3. The van der Waals surface area contributed by atoms with Gasteiger partial charge in [0.1, 0.15) is 0 Å². The van der Waals surface area contributed by atoms with Crippen LogP contribution in [0.15, 0.2) is 36.3 Å². The van der Waals surface area contributed by atoms with Gasteiger partial charge in [-0.1, -0.05) is 12.2 Å². The van der Waals surface area contributed by atoms with Crippen LogP contribution in [0.5, 0.6) is 0 Å². The molecule has 1 heterocycles. The average molecular weight is 150 g/mol. The fourth-order valence-electron chi connectivity index (χ4n) is 0.603. The highest BCUT2D eigenvalue weighted by Gasteiger charge is 2.07. The van der Waals surface area contributed by atoms with Gasteiger partial charge in [0.15, 0.2) is 12.0 Å². The van der Waals surface area contributed by atoms with E-state index < -0.39 is 5.78 Å². The maximum Gasteiger partial charge on any atom is 0.260 e. The molecule has 0 atom stereocenters. The number of Topliss-reactive ketones (excluding diaryl/α,β-unsaturated/α-hetero) is 1. The molecule has 0 aliphatic carbocycles. The van der Waals surface area contributed by atoms with Crippen LogP contribution in [0.25, 0.3) is 0 Å². The van der Waals surface area contributed by atoms with Gasteiger partial charge in [-0.2, -0.15) is 0 Å². The molecule has 0 amide bonds. The van der Waals surface area contributed by atoms with Crippen molar-refractivity contribution in [2.24, 2.45) is 0 Å². The Morgan fingerprint density at radius 3 is 2.91 bits per heavy atom. The fraction of sp³-hybridized carbons (Fsp3) is 0. The lowest BCUT2D eigenvalue weighted by Crippen LogP contribution is -2.03. The minimum absolute atomic E-state index is 0.0463. The number of aldehydes is 1.